The summed E-state index contributed by atoms with van der Waals surface area (Å²) in [6.45, 7) is 4.28. The summed E-state index contributed by atoms with van der Waals surface area (Å²) in [5.74, 6) is -1.83. The third-order valence-corrected chi connectivity index (χ3v) is 6.98. The molecule has 5 rings (SSSR count). The number of carbonyl (C=O) groups excluding carboxylic acids is 3. The molecular weight excluding hydrogens is 469 g/mol. The Hall–Kier alpha value is -4.26. The van der Waals surface area contributed by atoms with Crippen molar-refractivity contribution in [3.8, 4) is 0 Å². The summed E-state index contributed by atoms with van der Waals surface area (Å²) in [5, 5.41) is 1.02. The molecule has 188 valence electrons. The van der Waals surface area contributed by atoms with Gasteiger partial charge in [0.2, 0.25) is 5.91 Å². The molecule has 1 aromatic heterocycles. The number of rotatable bonds is 7. The maximum atomic E-state index is 14.6. The first kappa shape index (κ1) is 24.4. The quantitative estimate of drug-likeness (QED) is 0.345. The molecule has 0 bridgehead atoms. The largest absolute Gasteiger partial charge is 0.361 e. The van der Waals surface area contributed by atoms with Crippen molar-refractivity contribution in [2.75, 3.05) is 11.4 Å². The van der Waals surface area contributed by atoms with Crippen LogP contribution in [0, 0.1) is 5.82 Å². The molecule has 1 N–H and O–H groups in total. The van der Waals surface area contributed by atoms with Gasteiger partial charge in [0.25, 0.3) is 11.8 Å². The number of H-pyrrole nitrogens is 1. The number of fused-ring (bicyclic) bond motifs is 1. The fourth-order valence-electron chi connectivity index (χ4n) is 4.91. The fourth-order valence-corrected chi connectivity index (χ4v) is 4.91. The lowest BCUT2D eigenvalue weighted by Crippen LogP contribution is -2.46. The molecule has 0 radical (unpaired) electrons. The first-order valence-electron chi connectivity index (χ1n) is 12.4. The van der Waals surface area contributed by atoms with E-state index in [4.69, 9.17) is 0 Å². The van der Waals surface area contributed by atoms with Crippen LogP contribution >= 0.6 is 0 Å². The van der Waals surface area contributed by atoms with E-state index in [1.165, 1.54) is 23.1 Å². The second-order valence-electron chi connectivity index (χ2n) is 9.62. The number of carbonyl (C=O) groups is 3. The number of imide groups is 1. The van der Waals surface area contributed by atoms with Gasteiger partial charge in [-0.15, -0.1) is 0 Å². The number of aromatic amines is 1. The van der Waals surface area contributed by atoms with E-state index < -0.39 is 23.7 Å². The summed E-state index contributed by atoms with van der Waals surface area (Å²) >= 11 is 0. The predicted molar refractivity (Wildman–Crippen MR) is 141 cm³/mol. The molecule has 1 aliphatic rings. The Morgan fingerprint density at radius 1 is 1.03 bits per heavy atom. The molecule has 0 saturated carbocycles. The van der Waals surface area contributed by atoms with E-state index in [2.05, 4.69) is 18.8 Å². The van der Waals surface area contributed by atoms with Crippen molar-refractivity contribution in [2.45, 2.75) is 38.6 Å². The third-order valence-electron chi connectivity index (χ3n) is 6.98. The van der Waals surface area contributed by atoms with Gasteiger partial charge >= 0.3 is 0 Å². The summed E-state index contributed by atoms with van der Waals surface area (Å²) in [4.78, 5) is 45.9. The van der Waals surface area contributed by atoms with E-state index in [1.807, 2.05) is 42.6 Å². The van der Waals surface area contributed by atoms with E-state index in [1.54, 1.807) is 18.2 Å². The summed E-state index contributed by atoms with van der Waals surface area (Å²) < 4.78 is 14.6. The van der Waals surface area contributed by atoms with Crippen molar-refractivity contribution in [2.24, 2.45) is 0 Å². The number of hydrogen-bond donors (Lipinski definition) is 1. The number of benzene rings is 3. The lowest BCUT2D eigenvalue weighted by Gasteiger charge is -2.28. The molecule has 1 atom stereocenters. The first-order valence-corrected chi connectivity index (χ1v) is 12.4. The van der Waals surface area contributed by atoms with Gasteiger partial charge in [-0.3, -0.25) is 14.4 Å². The minimum atomic E-state index is -1.02. The van der Waals surface area contributed by atoms with Crippen LogP contribution < -0.4 is 4.90 Å². The molecule has 3 amide bonds. The maximum Gasteiger partial charge on any atom is 0.257 e. The van der Waals surface area contributed by atoms with Crippen molar-refractivity contribution in [1.29, 1.82) is 0 Å². The van der Waals surface area contributed by atoms with E-state index in [0.717, 1.165) is 26.9 Å². The Balaban J connectivity index is 1.46. The standard InChI is InChI=1S/C30H28FN3O3/c1-19(2)20-11-13-22(14-12-20)34-28(35)17-27(30(34)37)33(29(36)24-8-3-5-9-25(24)31)16-15-21-18-32-26-10-6-4-7-23(21)26/h3-14,18-19,27,32H,15-17H2,1-2H3. The van der Waals surface area contributed by atoms with Crippen LogP contribution in [-0.2, 0) is 16.0 Å². The van der Waals surface area contributed by atoms with Gasteiger partial charge in [0.05, 0.1) is 17.7 Å². The van der Waals surface area contributed by atoms with Gasteiger partial charge in [0, 0.05) is 23.6 Å². The molecule has 1 fully saturated rings. The molecule has 0 spiro atoms. The zero-order valence-electron chi connectivity index (χ0n) is 20.8. The average molecular weight is 498 g/mol. The zero-order valence-corrected chi connectivity index (χ0v) is 20.8. The molecule has 3 aromatic carbocycles. The molecule has 37 heavy (non-hydrogen) atoms. The van der Waals surface area contributed by atoms with Crippen molar-refractivity contribution >= 4 is 34.3 Å². The second kappa shape index (κ2) is 10.0. The van der Waals surface area contributed by atoms with Gasteiger partial charge in [0.1, 0.15) is 11.9 Å². The van der Waals surface area contributed by atoms with Crippen LogP contribution in [0.1, 0.15) is 47.7 Å². The van der Waals surface area contributed by atoms with Crippen molar-refractivity contribution in [3.63, 3.8) is 0 Å². The molecule has 4 aromatic rings. The van der Waals surface area contributed by atoms with Gasteiger partial charge in [-0.05, 0) is 53.8 Å². The highest BCUT2D eigenvalue weighted by Crippen LogP contribution is 2.29. The van der Waals surface area contributed by atoms with E-state index in [0.29, 0.717) is 18.0 Å². The molecule has 1 saturated heterocycles. The number of nitrogens with one attached hydrogen (secondary N) is 1. The maximum absolute atomic E-state index is 14.6. The molecule has 1 unspecified atom stereocenters. The smallest absolute Gasteiger partial charge is 0.257 e. The number of halogens is 1. The number of amides is 3. The van der Waals surface area contributed by atoms with Crippen molar-refractivity contribution < 1.29 is 18.8 Å². The highest BCUT2D eigenvalue weighted by molar-refractivity contribution is 6.23. The van der Waals surface area contributed by atoms with Crippen LogP contribution in [0.5, 0.6) is 0 Å². The number of anilines is 1. The summed E-state index contributed by atoms with van der Waals surface area (Å²) in [7, 11) is 0. The van der Waals surface area contributed by atoms with Crippen LogP contribution in [0.3, 0.4) is 0 Å². The molecule has 1 aliphatic heterocycles. The SMILES string of the molecule is CC(C)c1ccc(N2C(=O)CC(N(CCc3c[nH]c4ccccc34)C(=O)c3ccccc3F)C2=O)cc1. The highest BCUT2D eigenvalue weighted by atomic mass is 19.1. The Labute approximate surface area is 214 Å². The minimum absolute atomic E-state index is 0.124. The van der Waals surface area contributed by atoms with Gasteiger partial charge < -0.3 is 9.88 Å². The van der Waals surface area contributed by atoms with Crippen LogP contribution in [-0.4, -0.2) is 40.2 Å². The number of hydrogen-bond acceptors (Lipinski definition) is 3. The first-order chi connectivity index (χ1) is 17.8. The number of aromatic nitrogens is 1. The van der Waals surface area contributed by atoms with E-state index in [-0.39, 0.29) is 24.4 Å². The Bertz CT molecular complexity index is 1470. The van der Waals surface area contributed by atoms with E-state index >= 15 is 0 Å². The molecule has 0 aliphatic carbocycles. The second-order valence-corrected chi connectivity index (χ2v) is 9.62. The summed E-state index contributed by atoms with van der Waals surface area (Å²) in [6.07, 6.45) is 2.16. The fraction of sp³-hybridized carbons (Fsp3) is 0.233. The average Bonchev–Trinajstić information content (AvgIpc) is 3.44. The molecule has 6 nitrogen and oxygen atoms in total. The third kappa shape index (κ3) is 4.65. The van der Waals surface area contributed by atoms with Gasteiger partial charge in [-0.25, -0.2) is 9.29 Å². The molecule has 7 heteroatoms. The zero-order chi connectivity index (χ0) is 26.1. The van der Waals surface area contributed by atoms with Crippen molar-refractivity contribution in [3.05, 3.63) is 102 Å². The van der Waals surface area contributed by atoms with E-state index in [9.17, 15) is 18.8 Å². The molecular formula is C30H28FN3O3. The Morgan fingerprint density at radius 3 is 2.46 bits per heavy atom. The summed E-state index contributed by atoms with van der Waals surface area (Å²) in [5.41, 5.74) is 3.38. The van der Waals surface area contributed by atoms with Crippen LogP contribution in [0.25, 0.3) is 10.9 Å². The lowest BCUT2D eigenvalue weighted by molar-refractivity contribution is -0.122. The number of nitrogens with zero attached hydrogens (tertiary/aromatic N) is 2. The Kier molecular flexibility index (Phi) is 6.61. The summed E-state index contributed by atoms with van der Waals surface area (Å²) in [6, 6.07) is 19.8. The van der Waals surface area contributed by atoms with Gasteiger partial charge in [0.15, 0.2) is 0 Å². The van der Waals surface area contributed by atoms with Crippen LogP contribution in [0.15, 0.2) is 79.0 Å². The van der Waals surface area contributed by atoms with Gasteiger partial charge in [-0.2, -0.15) is 0 Å². The van der Waals surface area contributed by atoms with Crippen LogP contribution in [0.4, 0.5) is 10.1 Å². The normalized spacial score (nSPS) is 15.7. The van der Waals surface area contributed by atoms with Crippen LogP contribution in [0.2, 0.25) is 0 Å². The number of para-hydroxylation sites is 1. The van der Waals surface area contributed by atoms with Crippen molar-refractivity contribution in [1.82, 2.24) is 9.88 Å². The lowest BCUT2D eigenvalue weighted by atomic mass is 10.0. The predicted octanol–water partition coefficient (Wildman–Crippen LogP) is 5.45. The topological polar surface area (TPSA) is 73.5 Å². The monoisotopic (exact) mass is 497 g/mol. The minimum Gasteiger partial charge on any atom is -0.361 e. The molecule has 2 heterocycles. The highest BCUT2D eigenvalue weighted by Gasteiger charge is 2.44. The van der Waals surface area contributed by atoms with Gasteiger partial charge in [-0.1, -0.05) is 56.3 Å². The Morgan fingerprint density at radius 2 is 1.73 bits per heavy atom.